The summed E-state index contributed by atoms with van der Waals surface area (Å²) in [7, 11) is -2.16. The lowest BCUT2D eigenvalue weighted by molar-refractivity contribution is -0.584. The number of hydrogen-bond donors (Lipinski definition) is 2. The minimum Gasteiger partial charge on any atom is -0.478 e. The Morgan fingerprint density at radius 3 is 2.38 bits per heavy atom. The number of anilines is 1. The second-order valence-electron chi connectivity index (χ2n) is 14.9. The van der Waals surface area contributed by atoms with Crippen LogP contribution >= 0.6 is 0 Å². The van der Waals surface area contributed by atoms with E-state index in [-0.39, 0.29) is 11.5 Å². The van der Waals surface area contributed by atoms with Crippen molar-refractivity contribution < 1.29 is 28.7 Å². The summed E-state index contributed by atoms with van der Waals surface area (Å²) >= 11 is 0. The van der Waals surface area contributed by atoms with Gasteiger partial charge >= 0.3 is 5.97 Å². The molecule has 0 spiro atoms. The van der Waals surface area contributed by atoms with Crippen LogP contribution in [0.1, 0.15) is 97.1 Å². The summed E-state index contributed by atoms with van der Waals surface area (Å²) in [4.78, 5) is 28.7. The Bertz CT molecular complexity index is 1680. The molecule has 6 rings (SSSR count). The van der Waals surface area contributed by atoms with Crippen LogP contribution in [0.5, 0.6) is 0 Å². The van der Waals surface area contributed by atoms with Crippen LogP contribution in [0.2, 0.25) is 13.1 Å². The summed E-state index contributed by atoms with van der Waals surface area (Å²) in [6.07, 6.45) is 11.8. The van der Waals surface area contributed by atoms with E-state index in [1.807, 2.05) is 0 Å². The van der Waals surface area contributed by atoms with Crippen LogP contribution in [0.4, 0.5) is 5.69 Å². The lowest BCUT2D eigenvalue weighted by Crippen LogP contribution is -2.51. The third-order valence-electron chi connectivity index (χ3n) is 11.1. The maximum Gasteiger partial charge on any atom is 0.336 e. The smallest absolute Gasteiger partial charge is 0.336 e. The van der Waals surface area contributed by atoms with E-state index in [0.29, 0.717) is 43.4 Å². The van der Waals surface area contributed by atoms with Gasteiger partial charge in [0.25, 0.3) is 5.91 Å². The molecule has 2 aromatic carbocycles. The molecule has 4 aliphatic rings. The SMILES string of the molecule is CCCCCCCOCCOCCNC(=O)c1ccc(C(=O)O)c(C2=C3CC(C)C(=[N+]4CCC4)C=C3[Si](C)(C)c3cc(N4CCC4)ccc32)c1. The summed E-state index contributed by atoms with van der Waals surface area (Å²) in [6.45, 7) is 16.3. The van der Waals surface area contributed by atoms with E-state index < -0.39 is 14.0 Å². The van der Waals surface area contributed by atoms with Gasteiger partial charge < -0.3 is 24.8 Å². The molecule has 9 heteroatoms. The highest BCUT2D eigenvalue weighted by atomic mass is 28.3. The zero-order chi connectivity index (χ0) is 35.3. The van der Waals surface area contributed by atoms with Crippen molar-refractivity contribution in [1.82, 2.24) is 5.32 Å². The van der Waals surface area contributed by atoms with Crippen LogP contribution < -0.4 is 15.4 Å². The van der Waals surface area contributed by atoms with E-state index in [4.69, 9.17) is 9.47 Å². The predicted octanol–water partition coefficient (Wildman–Crippen LogP) is 6.42. The highest BCUT2D eigenvalue weighted by Crippen LogP contribution is 2.46. The molecule has 1 atom stereocenters. The van der Waals surface area contributed by atoms with Gasteiger partial charge in [0.2, 0.25) is 0 Å². The van der Waals surface area contributed by atoms with Crippen LogP contribution in [0.3, 0.4) is 0 Å². The Balaban J connectivity index is 1.25. The van der Waals surface area contributed by atoms with E-state index in [1.165, 1.54) is 65.9 Å². The Morgan fingerprint density at radius 2 is 1.70 bits per heavy atom. The molecule has 1 unspecified atom stereocenters. The van der Waals surface area contributed by atoms with Crippen LogP contribution in [0.15, 0.2) is 53.2 Å². The fourth-order valence-electron chi connectivity index (χ4n) is 7.87. The average Bonchev–Trinajstić information content (AvgIpc) is 3.04. The van der Waals surface area contributed by atoms with Gasteiger partial charge in [-0.15, -0.1) is 0 Å². The zero-order valence-corrected chi connectivity index (χ0v) is 31.6. The molecule has 8 nitrogen and oxygen atoms in total. The van der Waals surface area contributed by atoms with Gasteiger partial charge in [0, 0.05) is 49.5 Å². The normalized spacial score (nSPS) is 19.3. The molecular formula is C41H56N3O5Si+. The van der Waals surface area contributed by atoms with Crippen molar-refractivity contribution in [3.8, 4) is 0 Å². The number of amides is 1. The molecule has 0 radical (unpaired) electrons. The second-order valence-corrected chi connectivity index (χ2v) is 19.3. The molecule has 50 heavy (non-hydrogen) atoms. The number of hydrogen-bond acceptors (Lipinski definition) is 5. The monoisotopic (exact) mass is 698 g/mol. The first kappa shape index (κ1) is 36.3. The molecule has 0 bridgehead atoms. The molecule has 0 saturated carbocycles. The third-order valence-corrected chi connectivity index (χ3v) is 14.6. The number of allylic oxidation sites excluding steroid dienone is 3. The number of benzene rings is 2. The Morgan fingerprint density at radius 1 is 0.940 bits per heavy atom. The number of carbonyl (C=O) groups excluding carboxylic acids is 1. The highest BCUT2D eigenvalue weighted by molar-refractivity contribution is 6.97. The quantitative estimate of drug-likeness (QED) is 0.120. The molecule has 3 heterocycles. The number of unbranched alkanes of at least 4 members (excludes halogenated alkanes) is 4. The van der Waals surface area contributed by atoms with Gasteiger partial charge in [-0.25, -0.2) is 9.37 Å². The first-order valence-electron chi connectivity index (χ1n) is 19.0. The number of nitrogens with one attached hydrogen (secondary N) is 1. The van der Waals surface area contributed by atoms with Gasteiger partial charge in [-0.3, -0.25) is 4.79 Å². The summed E-state index contributed by atoms with van der Waals surface area (Å²) < 4.78 is 13.9. The Hall–Kier alpha value is -3.53. The van der Waals surface area contributed by atoms with Gasteiger partial charge in [-0.05, 0) is 82.3 Å². The Labute approximate surface area is 299 Å². The number of ether oxygens (including phenoxy) is 2. The van der Waals surface area contributed by atoms with Gasteiger partial charge in [-0.1, -0.05) is 58.7 Å². The van der Waals surface area contributed by atoms with Crippen molar-refractivity contribution in [2.75, 3.05) is 64.1 Å². The summed E-state index contributed by atoms with van der Waals surface area (Å²) in [5, 5.41) is 16.2. The number of nitrogens with zero attached hydrogens (tertiary/aromatic N) is 2. The predicted molar refractivity (Wildman–Crippen MR) is 204 cm³/mol. The van der Waals surface area contributed by atoms with E-state index in [0.717, 1.165) is 56.8 Å². The van der Waals surface area contributed by atoms with E-state index in [9.17, 15) is 14.7 Å². The first-order valence-corrected chi connectivity index (χ1v) is 22.0. The van der Waals surface area contributed by atoms with Crippen molar-refractivity contribution in [3.63, 3.8) is 0 Å². The summed E-state index contributed by atoms with van der Waals surface area (Å²) in [6, 6.07) is 11.9. The van der Waals surface area contributed by atoms with Gasteiger partial charge in [0.05, 0.1) is 31.8 Å². The number of carboxylic acid groups (broad SMARTS) is 1. The number of carboxylic acids is 1. The topological polar surface area (TPSA) is 91.1 Å². The van der Waals surface area contributed by atoms with E-state index >= 15 is 0 Å². The number of carbonyl (C=O) groups is 2. The standard InChI is InChI=1S/C41H55N3O5Si/c1-5-6-7-8-9-21-48-23-24-49-22-16-42-40(45)30-12-14-32(41(46)47)34(26-30)39-33-15-13-31(43-17-10-18-43)27-37(33)50(3,4)38-28-36(44-19-11-20-44)29(2)25-35(38)39/h12-15,26-29H,5-11,16-25H2,1-4H3,(H-,42,45,46,47)/p+1. The molecule has 2 fully saturated rings. The minimum absolute atomic E-state index is 0.224. The molecular weight excluding hydrogens is 643 g/mol. The van der Waals surface area contributed by atoms with Crippen molar-refractivity contribution in [2.24, 2.45) is 5.92 Å². The van der Waals surface area contributed by atoms with Crippen LogP contribution in [0, 0.1) is 5.92 Å². The molecule has 2 saturated heterocycles. The molecule has 1 amide bonds. The van der Waals surface area contributed by atoms with Crippen LogP contribution in [-0.4, -0.2) is 94.5 Å². The van der Waals surface area contributed by atoms with Crippen molar-refractivity contribution >= 4 is 42.1 Å². The molecule has 268 valence electrons. The van der Waals surface area contributed by atoms with Crippen molar-refractivity contribution in [2.45, 2.75) is 78.3 Å². The van der Waals surface area contributed by atoms with Gasteiger partial charge in [0.1, 0.15) is 21.2 Å². The zero-order valence-electron chi connectivity index (χ0n) is 30.6. The van der Waals surface area contributed by atoms with Crippen molar-refractivity contribution in [3.05, 3.63) is 75.5 Å². The van der Waals surface area contributed by atoms with E-state index in [2.05, 4.69) is 66.0 Å². The van der Waals surface area contributed by atoms with Crippen molar-refractivity contribution in [1.29, 1.82) is 0 Å². The first-order chi connectivity index (χ1) is 24.2. The lowest BCUT2D eigenvalue weighted by Gasteiger charge is -2.42. The summed E-state index contributed by atoms with van der Waals surface area (Å²) in [5.41, 5.74) is 7.31. The van der Waals surface area contributed by atoms with Gasteiger partial charge in [0.15, 0.2) is 5.71 Å². The van der Waals surface area contributed by atoms with Crippen LogP contribution in [0.25, 0.3) is 5.57 Å². The lowest BCUT2D eigenvalue weighted by atomic mass is 9.81. The largest absolute Gasteiger partial charge is 0.478 e. The molecule has 3 aliphatic heterocycles. The Kier molecular flexibility index (Phi) is 11.8. The van der Waals surface area contributed by atoms with Gasteiger partial charge in [-0.2, -0.15) is 0 Å². The number of aromatic carboxylic acids is 1. The molecule has 2 aromatic rings. The second kappa shape index (κ2) is 16.2. The molecule has 2 N–H and O–H groups in total. The number of rotatable bonds is 16. The fraction of sp³-hybridized carbons (Fsp3) is 0.537. The maximum atomic E-state index is 13.5. The molecule has 0 aromatic heterocycles. The maximum absolute atomic E-state index is 13.5. The number of fused-ring (bicyclic) bond motifs is 2. The van der Waals surface area contributed by atoms with Crippen LogP contribution in [-0.2, 0) is 9.47 Å². The average molecular weight is 699 g/mol. The third kappa shape index (κ3) is 7.70. The fourth-order valence-corrected chi connectivity index (χ4v) is 11.0. The van der Waals surface area contributed by atoms with E-state index in [1.54, 1.807) is 18.2 Å². The minimum atomic E-state index is -2.16. The molecule has 1 aliphatic carbocycles. The summed E-state index contributed by atoms with van der Waals surface area (Å²) in [5.74, 6) is -0.896. The highest BCUT2D eigenvalue weighted by Gasteiger charge is 2.44.